The first-order chi connectivity index (χ1) is 8.83. The summed E-state index contributed by atoms with van der Waals surface area (Å²) in [5, 5.41) is 7.50. The molecule has 4 nitrogen and oxygen atoms in total. The minimum atomic E-state index is 0.242. The lowest BCUT2D eigenvalue weighted by Gasteiger charge is -2.19. The lowest BCUT2D eigenvalue weighted by molar-refractivity contribution is 0.367. The highest BCUT2D eigenvalue weighted by Crippen LogP contribution is 2.24. The van der Waals surface area contributed by atoms with Gasteiger partial charge in [0.1, 0.15) is 0 Å². The highest BCUT2D eigenvalue weighted by molar-refractivity contribution is 9.10. The number of nitrogens with zero attached hydrogens (tertiary/aromatic N) is 2. The molecule has 1 N–H and O–H groups in total. The summed E-state index contributed by atoms with van der Waals surface area (Å²) in [6.45, 7) is 1.03. The van der Waals surface area contributed by atoms with Crippen LogP contribution in [-0.2, 0) is 0 Å². The Balaban J connectivity index is 1.82. The van der Waals surface area contributed by atoms with E-state index in [2.05, 4.69) is 31.4 Å². The van der Waals surface area contributed by atoms with Crippen molar-refractivity contribution < 1.29 is 4.52 Å². The summed E-state index contributed by atoms with van der Waals surface area (Å²) in [4.78, 5) is 4.48. The third-order valence-electron chi connectivity index (χ3n) is 3.15. The second-order valence-corrected chi connectivity index (χ2v) is 5.38. The average molecular weight is 308 g/mol. The molecule has 1 fully saturated rings. The number of benzene rings is 1. The Kier molecular flexibility index (Phi) is 3.43. The van der Waals surface area contributed by atoms with Crippen molar-refractivity contribution in [2.45, 2.75) is 25.3 Å². The maximum atomic E-state index is 5.33. The molecule has 1 aromatic carbocycles. The Bertz CT molecular complexity index is 517. The highest BCUT2D eigenvalue weighted by atomic mass is 79.9. The normalized spacial score (nSPS) is 19.9. The quantitative estimate of drug-likeness (QED) is 0.924. The van der Waals surface area contributed by atoms with Gasteiger partial charge < -0.3 is 9.84 Å². The summed E-state index contributed by atoms with van der Waals surface area (Å²) in [5.74, 6) is 1.36. The van der Waals surface area contributed by atoms with Gasteiger partial charge in [0.15, 0.2) is 5.82 Å². The van der Waals surface area contributed by atoms with E-state index < -0.39 is 0 Å². The van der Waals surface area contributed by atoms with Gasteiger partial charge in [-0.3, -0.25) is 0 Å². The summed E-state index contributed by atoms with van der Waals surface area (Å²) < 4.78 is 6.37. The van der Waals surface area contributed by atoms with Crippen molar-refractivity contribution in [1.29, 1.82) is 0 Å². The molecular formula is C13H14BrN3O. The molecule has 5 heteroatoms. The number of piperidine rings is 1. The third kappa shape index (κ3) is 2.47. The zero-order valence-electron chi connectivity index (χ0n) is 9.90. The Morgan fingerprint density at radius 3 is 2.78 bits per heavy atom. The fourth-order valence-corrected chi connectivity index (χ4v) is 2.42. The maximum absolute atomic E-state index is 5.33. The number of nitrogens with one attached hydrogen (secondary N) is 1. The third-order valence-corrected chi connectivity index (χ3v) is 3.68. The predicted molar refractivity (Wildman–Crippen MR) is 72.0 cm³/mol. The van der Waals surface area contributed by atoms with Crippen LogP contribution in [0.4, 0.5) is 0 Å². The van der Waals surface area contributed by atoms with Gasteiger partial charge in [-0.2, -0.15) is 4.98 Å². The van der Waals surface area contributed by atoms with Gasteiger partial charge in [0.25, 0.3) is 5.89 Å². The first-order valence-electron chi connectivity index (χ1n) is 6.16. The van der Waals surface area contributed by atoms with Gasteiger partial charge >= 0.3 is 0 Å². The van der Waals surface area contributed by atoms with E-state index in [-0.39, 0.29) is 6.04 Å². The molecule has 94 valence electrons. The van der Waals surface area contributed by atoms with E-state index >= 15 is 0 Å². The fraction of sp³-hybridized carbons (Fsp3) is 0.385. The molecule has 1 unspecified atom stereocenters. The lowest BCUT2D eigenvalue weighted by atomic mass is 10.0. The zero-order chi connectivity index (χ0) is 12.4. The molecule has 1 aliphatic heterocycles. The predicted octanol–water partition coefficient (Wildman–Crippen LogP) is 3.31. The van der Waals surface area contributed by atoms with E-state index in [1.165, 1.54) is 12.8 Å². The monoisotopic (exact) mass is 307 g/mol. The molecule has 1 aromatic heterocycles. The molecule has 1 aliphatic rings. The Morgan fingerprint density at radius 2 is 2.06 bits per heavy atom. The number of hydrogen-bond donors (Lipinski definition) is 1. The van der Waals surface area contributed by atoms with Crippen LogP contribution >= 0.6 is 15.9 Å². The van der Waals surface area contributed by atoms with Crippen molar-refractivity contribution in [3.63, 3.8) is 0 Å². The fourth-order valence-electron chi connectivity index (χ4n) is 2.16. The molecule has 1 atom stereocenters. The van der Waals surface area contributed by atoms with Gasteiger partial charge in [-0.15, -0.1) is 0 Å². The number of halogens is 1. The van der Waals surface area contributed by atoms with E-state index in [4.69, 9.17) is 4.52 Å². The van der Waals surface area contributed by atoms with Crippen LogP contribution < -0.4 is 5.32 Å². The van der Waals surface area contributed by atoms with Gasteiger partial charge in [-0.05, 0) is 43.7 Å². The van der Waals surface area contributed by atoms with E-state index in [9.17, 15) is 0 Å². The van der Waals surface area contributed by atoms with Crippen molar-refractivity contribution >= 4 is 15.9 Å². The molecule has 18 heavy (non-hydrogen) atoms. The molecule has 0 spiro atoms. The summed E-state index contributed by atoms with van der Waals surface area (Å²) in [7, 11) is 0. The number of rotatable bonds is 2. The number of aromatic nitrogens is 2. The van der Waals surface area contributed by atoms with Crippen LogP contribution in [0.25, 0.3) is 11.5 Å². The lowest BCUT2D eigenvalue weighted by Crippen LogP contribution is -2.27. The summed E-state index contributed by atoms with van der Waals surface area (Å²) in [6.07, 6.45) is 3.53. The molecule has 0 saturated carbocycles. The van der Waals surface area contributed by atoms with Gasteiger partial charge in [0, 0.05) is 10.0 Å². The van der Waals surface area contributed by atoms with Gasteiger partial charge in [0.05, 0.1) is 6.04 Å². The van der Waals surface area contributed by atoms with Gasteiger partial charge in [-0.1, -0.05) is 27.5 Å². The second kappa shape index (κ2) is 5.20. The highest BCUT2D eigenvalue weighted by Gasteiger charge is 2.20. The van der Waals surface area contributed by atoms with Crippen LogP contribution in [0.1, 0.15) is 31.1 Å². The molecule has 0 aliphatic carbocycles. The molecular weight excluding hydrogens is 294 g/mol. The van der Waals surface area contributed by atoms with Crippen molar-refractivity contribution in [3.8, 4) is 11.5 Å². The Morgan fingerprint density at radius 1 is 1.22 bits per heavy atom. The molecule has 0 radical (unpaired) electrons. The van der Waals surface area contributed by atoms with Crippen molar-refractivity contribution in [2.75, 3.05) is 6.54 Å². The van der Waals surface area contributed by atoms with Crippen molar-refractivity contribution in [1.82, 2.24) is 15.5 Å². The number of hydrogen-bond acceptors (Lipinski definition) is 4. The Labute approximate surface area is 114 Å². The van der Waals surface area contributed by atoms with Crippen LogP contribution in [0, 0.1) is 0 Å². The van der Waals surface area contributed by atoms with Crippen LogP contribution in [-0.4, -0.2) is 16.7 Å². The van der Waals surface area contributed by atoms with Crippen molar-refractivity contribution in [3.05, 3.63) is 34.6 Å². The second-order valence-electron chi connectivity index (χ2n) is 4.47. The molecule has 0 bridgehead atoms. The van der Waals surface area contributed by atoms with Crippen LogP contribution in [0.15, 0.2) is 33.3 Å². The minimum Gasteiger partial charge on any atom is -0.334 e. The van der Waals surface area contributed by atoms with Crippen molar-refractivity contribution in [2.24, 2.45) is 0 Å². The van der Waals surface area contributed by atoms with E-state index in [1.807, 2.05) is 24.3 Å². The molecule has 1 saturated heterocycles. The van der Waals surface area contributed by atoms with E-state index in [0.717, 1.165) is 28.8 Å². The SMILES string of the molecule is Brc1ccc(-c2nc(C3CCCCN3)no2)cc1. The Hall–Kier alpha value is -1.20. The van der Waals surface area contributed by atoms with Gasteiger partial charge in [-0.25, -0.2) is 0 Å². The van der Waals surface area contributed by atoms with E-state index in [1.54, 1.807) is 0 Å². The van der Waals surface area contributed by atoms with Crippen LogP contribution in [0.2, 0.25) is 0 Å². The first kappa shape index (κ1) is 11.9. The largest absolute Gasteiger partial charge is 0.334 e. The molecule has 0 amide bonds. The molecule has 2 heterocycles. The molecule has 2 aromatic rings. The maximum Gasteiger partial charge on any atom is 0.257 e. The minimum absolute atomic E-state index is 0.242. The average Bonchev–Trinajstić information content (AvgIpc) is 2.90. The summed E-state index contributed by atoms with van der Waals surface area (Å²) in [5.41, 5.74) is 0.952. The van der Waals surface area contributed by atoms with Crippen LogP contribution in [0.5, 0.6) is 0 Å². The van der Waals surface area contributed by atoms with Gasteiger partial charge in [0.2, 0.25) is 0 Å². The first-order valence-corrected chi connectivity index (χ1v) is 6.95. The summed E-state index contributed by atoms with van der Waals surface area (Å²) in [6, 6.07) is 8.12. The topological polar surface area (TPSA) is 51.0 Å². The molecule has 3 rings (SSSR count). The van der Waals surface area contributed by atoms with Crippen LogP contribution in [0.3, 0.4) is 0 Å². The zero-order valence-corrected chi connectivity index (χ0v) is 11.5. The summed E-state index contributed by atoms with van der Waals surface area (Å²) >= 11 is 3.41. The smallest absolute Gasteiger partial charge is 0.257 e. The standard InChI is InChI=1S/C13H14BrN3O/c14-10-6-4-9(5-7-10)13-16-12(17-18-13)11-3-1-2-8-15-11/h4-7,11,15H,1-3,8H2. The van der Waals surface area contributed by atoms with E-state index in [0.29, 0.717) is 5.89 Å².